The lowest BCUT2D eigenvalue weighted by Crippen LogP contribution is -2.25. The second-order valence-corrected chi connectivity index (χ2v) is 6.43. The van der Waals surface area contributed by atoms with Gasteiger partial charge in [-0.15, -0.1) is 0 Å². The van der Waals surface area contributed by atoms with Crippen molar-refractivity contribution in [2.24, 2.45) is 0 Å². The van der Waals surface area contributed by atoms with E-state index in [9.17, 15) is 14.4 Å². The maximum absolute atomic E-state index is 12.3. The van der Waals surface area contributed by atoms with Crippen LogP contribution in [0.25, 0.3) is 0 Å². The van der Waals surface area contributed by atoms with Gasteiger partial charge in [-0.05, 0) is 42.8 Å². The monoisotopic (exact) mass is 368 g/mol. The molecule has 6 heteroatoms. The summed E-state index contributed by atoms with van der Waals surface area (Å²) in [7, 11) is 4.93. The Morgan fingerprint density at radius 1 is 1.00 bits per heavy atom. The first-order valence-electron chi connectivity index (χ1n) is 8.57. The van der Waals surface area contributed by atoms with Crippen molar-refractivity contribution in [1.29, 1.82) is 0 Å². The van der Waals surface area contributed by atoms with Crippen LogP contribution in [-0.2, 0) is 17.8 Å². The molecule has 2 aromatic rings. The summed E-state index contributed by atoms with van der Waals surface area (Å²) in [5, 5.41) is 2.84. The van der Waals surface area contributed by atoms with Gasteiger partial charge >= 0.3 is 0 Å². The summed E-state index contributed by atoms with van der Waals surface area (Å²) in [5.41, 5.74) is 2.69. The summed E-state index contributed by atoms with van der Waals surface area (Å²) < 4.78 is 5.27. The van der Waals surface area contributed by atoms with Crippen LogP contribution in [0.1, 0.15) is 38.8 Å². The molecule has 6 nitrogen and oxygen atoms in total. The SMILES string of the molecule is COc1ccc(C(C)=O)cc1CC(=O)NCc1ccc(C(=O)N(C)C)cc1. The molecule has 0 saturated carbocycles. The summed E-state index contributed by atoms with van der Waals surface area (Å²) in [4.78, 5) is 37.2. The Balaban J connectivity index is 1.99. The van der Waals surface area contributed by atoms with Gasteiger partial charge in [-0.1, -0.05) is 12.1 Å². The molecule has 142 valence electrons. The zero-order valence-corrected chi connectivity index (χ0v) is 16.0. The normalized spacial score (nSPS) is 10.2. The molecule has 0 fully saturated rings. The Bertz CT molecular complexity index is 842. The van der Waals surface area contributed by atoms with Gasteiger partial charge < -0.3 is 15.0 Å². The first kappa shape index (κ1) is 20.2. The van der Waals surface area contributed by atoms with Gasteiger partial charge in [0.05, 0.1) is 13.5 Å². The number of rotatable bonds is 7. The summed E-state index contributed by atoms with van der Waals surface area (Å²) in [6.07, 6.45) is 0.113. The first-order chi connectivity index (χ1) is 12.8. The molecule has 0 saturated heterocycles. The van der Waals surface area contributed by atoms with Gasteiger partial charge in [0.1, 0.15) is 5.75 Å². The molecule has 0 bridgehead atoms. The highest BCUT2D eigenvalue weighted by Crippen LogP contribution is 2.21. The molecule has 0 aliphatic carbocycles. The number of hydrogen-bond donors (Lipinski definition) is 1. The summed E-state index contributed by atoms with van der Waals surface area (Å²) in [5.74, 6) is 0.263. The zero-order valence-electron chi connectivity index (χ0n) is 16.0. The van der Waals surface area contributed by atoms with E-state index in [-0.39, 0.29) is 24.0 Å². The molecular weight excluding hydrogens is 344 g/mol. The van der Waals surface area contributed by atoms with Crippen LogP contribution in [0.5, 0.6) is 5.75 Å². The highest BCUT2D eigenvalue weighted by molar-refractivity contribution is 5.95. The highest BCUT2D eigenvalue weighted by Gasteiger charge is 2.12. The second kappa shape index (κ2) is 8.98. The summed E-state index contributed by atoms with van der Waals surface area (Å²) >= 11 is 0. The predicted molar refractivity (Wildman–Crippen MR) is 103 cm³/mol. The van der Waals surface area contributed by atoms with E-state index >= 15 is 0 Å². The van der Waals surface area contributed by atoms with E-state index in [1.54, 1.807) is 44.4 Å². The lowest BCUT2D eigenvalue weighted by Gasteiger charge is -2.12. The predicted octanol–water partition coefficient (Wildman–Crippen LogP) is 2.46. The maximum Gasteiger partial charge on any atom is 0.253 e. The van der Waals surface area contributed by atoms with E-state index in [1.165, 1.54) is 18.9 Å². The van der Waals surface area contributed by atoms with E-state index < -0.39 is 0 Å². The number of hydrogen-bond acceptors (Lipinski definition) is 4. The Labute approximate surface area is 159 Å². The Morgan fingerprint density at radius 2 is 1.63 bits per heavy atom. The van der Waals surface area contributed by atoms with Crippen molar-refractivity contribution in [2.75, 3.05) is 21.2 Å². The third-order valence-electron chi connectivity index (χ3n) is 4.13. The van der Waals surface area contributed by atoms with Crippen molar-refractivity contribution in [3.05, 3.63) is 64.7 Å². The summed E-state index contributed by atoms with van der Waals surface area (Å²) in [6, 6.07) is 12.2. The molecule has 0 spiro atoms. The van der Waals surface area contributed by atoms with Crippen molar-refractivity contribution in [2.45, 2.75) is 19.9 Å². The number of nitrogens with one attached hydrogen (secondary N) is 1. The maximum atomic E-state index is 12.3. The van der Waals surface area contributed by atoms with Gasteiger partial charge in [-0.3, -0.25) is 14.4 Å². The van der Waals surface area contributed by atoms with Gasteiger partial charge in [0.15, 0.2) is 5.78 Å². The molecule has 0 atom stereocenters. The number of nitrogens with zero attached hydrogens (tertiary/aromatic N) is 1. The van der Waals surface area contributed by atoms with E-state index in [0.717, 1.165) is 5.56 Å². The number of ketones is 1. The third-order valence-corrected chi connectivity index (χ3v) is 4.13. The molecule has 2 aromatic carbocycles. The quantitative estimate of drug-likeness (QED) is 0.762. The molecule has 0 unspecified atom stereocenters. The van der Waals surface area contributed by atoms with E-state index in [2.05, 4.69) is 5.32 Å². The van der Waals surface area contributed by atoms with Crippen LogP contribution in [0.3, 0.4) is 0 Å². The lowest BCUT2D eigenvalue weighted by atomic mass is 10.0. The minimum atomic E-state index is -0.178. The van der Waals surface area contributed by atoms with Crippen LogP contribution in [0.2, 0.25) is 0 Å². The average Bonchev–Trinajstić information content (AvgIpc) is 2.66. The van der Waals surface area contributed by atoms with Crippen molar-refractivity contribution in [3.63, 3.8) is 0 Å². The highest BCUT2D eigenvalue weighted by atomic mass is 16.5. The minimum Gasteiger partial charge on any atom is -0.496 e. The van der Waals surface area contributed by atoms with Crippen LogP contribution in [0.4, 0.5) is 0 Å². The third kappa shape index (κ3) is 5.41. The molecule has 0 aromatic heterocycles. The van der Waals surface area contributed by atoms with Crippen LogP contribution < -0.4 is 10.1 Å². The number of amides is 2. The molecular formula is C21H24N2O4. The molecule has 2 amide bonds. The van der Waals surface area contributed by atoms with Crippen molar-refractivity contribution in [3.8, 4) is 5.75 Å². The Morgan fingerprint density at radius 3 is 2.19 bits per heavy atom. The van der Waals surface area contributed by atoms with Crippen molar-refractivity contribution >= 4 is 17.6 Å². The number of Topliss-reactive ketones (excluding diaryl/α,β-unsaturated/α-hetero) is 1. The fourth-order valence-corrected chi connectivity index (χ4v) is 2.60. The fraction of sp³-hybridized carbons (Fsp3) is 0.286. The van der Waals surface area contributed by atoms with Crippen LogP contribution >= 0.6 is 0 Å². The second-order valence-electron chi connectivity index (χ2n) is 6.43. The summed E-state index contributed by atoms with van der Waals surface area (Å²) in [6.45, 7) is 1.83. The molecule has 2 rings (SSSR count). The van der Waals surface area contributed by atoms with Gasteiger partial charge in [0.2, 0.25) is 5.91 Å². The zero-order chi connectivity index (χ0) is 20.0. The van der Waals surface area contributed by atoms with Crippen molar-refractivity contribution < 1.29 is 19.1 Å². The smallest absolute Gasteiger partial charge is 0.253 e. The van der Waals surface area contributed by atoms with Crippen LogP contribution in [0.15, 0.2) is 42.5 Å². The first-order valence-corrected chi connectivity index (χ1v) is 8.57. The van der Waals surface area contributed by atoms with Gasteiger partial charge in [-0.2, -0.15) is 0 Å². The average molecular weight is 368 g/mol. The van der Waals surface area contributed by atoms with Crippen LogP contribution in [0, 0.1) is 0 Å². The van der Waals surface area contributed by atoms with Gasteiger partial charge in [-0.25, -0.2) is 0 Å². The Hall–Kier alpha value is -3.15. The molecule has 0 radical (unpaired) electrons. The van der Waals surface area contributed by atoms with Crippen LogP contribution in [-0.4, -0.2) is 43.7 Å². The number of benzene rings is 2. The largest absolute Gasteiger partial charge is 0.496 e. The standard InChI is InChI=1S/C21H24N2O4/c1-14(24)17-9-10-19(27-4)18(11-17)12-20(25)22-13-15-5-7-16(8-6-15)21(26)23(2)3/h5-11H,12-13H2,1-4H3,(H,22,25). The molecule has 0 heterocycles. The van der Waals surface area contributed by atoms with E-state index in [0.29, 0.717) is 29.0 Å². The number of carbonyl (C=O) groups is 3. The molecule has 0 aliphatic heterocycles. The topological polar surface area (TPSA) is 75.7 Å². The Kier molecular flexibility index (Phi) is 6.71. The molecule has 27 heavy (non-hydrogen) atoms. The van der Waals surface area contributed by atoms with Gasteiger partial charge in [0, 0.05) is 37.3 Å². The molecule has 0 aliphatic rings. The number of carbonyl (C=O) groups excluding carboxylic acids is 3. The van der Waals surface area contributed by atoms with Gasteiger partial charge in [0.25, 0.3) is 5.91 Å². The minimum absolute atomic E-state index is 0.0633. The van der Waals surface area contributed by atoms with Crippen molar-refractivity contribution in [1.82, 2.24) is 10.2 Å². The van der Waals surface area contributed by atoms with E-state index in [1.807, 2.05) is 12.1 Å². The molecule has 1 N–H and O–H groups in total. The number of methoxy groups -OCH3 is 1. The number of ether oxygens (including phenoxy) is 1. The lowest BCUT2D eigenvalue weighted by molar-refractivity contribution is -0.120. The van der Waals surface area contributed by atoms with E-state index in [4.69, 9.17) is 4.74 Å². The fourth-order valence-electron chi connectivity index (χ4n) is 2.60.